The molecule has 3 fully saturated rings. The molecule has 0 aromatic rings. The van der Waals surface area contributed by atoms with E-state index in [1.807, 2.05) is 0 Å². The first-order chi connectivity index (χ1) is 11.5. The molecule has 1 saturated heterocycles. The summed E-state index contributed by atoms with van der Waals surface area (Å²) < 4.78 is 6.17. The van der Waals surface area contributed by atoms with Crippen LogP contribution in [0.1, 0.15) is 92.9 Å². The average Bonchev–Trinajstić information content (AvgIpc) is 2.46. The molecule has 0 aromatic carbocycles. The Labute approximate surface area is 157 Å². The molecule has 0 aromatic heterocycles. The van der Waals surface area contributed by atoms with E-state index >= 15 is 0 Å². The lowest BCUT2D eigenvalue weighted by molar-refractivity contribution is -0.156. The van der Waals surface area contributed by atoms with E-state index < -0.39 is 0 Å². The number of likely N-dealkylation sites (tertiary alicyclic amines) is 1. The van der Waals surface area contributed by atoms with Crippen molar-refractivity contribution >= 4 is 0 Å². The van der Waals surface area contributed by atoms with Crippen molar-refractivity contribution in [3.8, 4) is 0 Å². The van der Waals surface area contributed by atoms with Crippen LogP contribution in [0.25, 0.3) is 0 Å². The molecule has 146 valence electrons. The topological polar surface area (TPSA) is 12.5 Å². The maximum Gasteiger partial charge on any atom is 0.0602 e. The second-order valence-corrected chi connectivity index (χ2v) is 11.6. The largest absolute Gasteiger partial charge is 0.373 e. The minimum atomic E-state index is 0.0267. The van der Waals surface area contributed by atoms with Gasteiger partial charge in [-0.05, 0) is 108 Å². The highest BCUT2D eigenvalue weighted by Gasteiger charge is 2.47. The van der Waals surface area contributed by atoms with Crippen LogP contribution in [0.2, 0.25) is 0 Å². The van der Waals surface area contributed by atoms with Crippen molar-refractivity contribution in [3.63, 3.8) is 0 Å². The van der Waals surface area contributed by atoms with E-state index in [-0.39, 0.29) is 5.60 Å². The van der Waals surface area contributed by atoms with Gasteiger partial charge < -0.3 is 9.64 Å². The van der Waals surface area contributed by atoms with E-state index in [2.05, 4.69) is 46.4 Å². The smallest absolute Gasteiger partial charge is 0.0602 e. The number of rotatable bonds is 3. The van der Waals surface area contributed by atoms with Gasteiger partial charge in [-0.3, -0.25) is 0 Å². The van der Waals surface area contributed by atoms with Crippen molar-refractivity contribution in [2.24, 2.45) is 22.7 Å². The van der Waals surface area contributed by atoms with Crippen molar-refractivity contribution in [1.82, 2.24) is 4.90 Å². The lowest BCUT2D eigenvalue weighted by Gasteiger charge is -2.53. The summed E-state index contributed by atoms with van der Waals surface area (Å²) in [6.45, 7) is 17.9. The van der Waals surface area contributed by atoms with Crippen molar-refractivity contribution in [2.45, 2.75) is 105 Å². The van der Waals surface area contributed by atoms with Crippen LogP contribution >= 0.6 is 0 Å². The Bertz CT molecular complexity index is 420. The maximum absolute atomic E-state index is 6.17. The van der Waals surface area contributed by atoms with Crippen LogP contribution < -0.4 is 0 Å². The Hall–Kier alpha value is -0.0800. The Morgan fingerprint density at radius 1 is 0.880 bits per heavy atom. The fourth-order valence-electron chi connectivity index (χ4n) is 5.68. The van der Waals surface area contributed by atoms with Gasteiger partial charge in [0.2, 0.25) is 0 Å². The molecule has 3 aliphatic rings. The molecule has 0 unspecified atom stereocenters. The monoisotopic (exact) mass is 349 g/mol. The van der Waals surface area contributed by atoms with Crippen LogP contribution in [0, 0.1) is 22.7 Å². The van der Waals surface area contributed by atoms with E-state index in [0.717, 1.165) is 11.8 Å². The number of hydrogen-bond acceptors (Lipinski definition) is 2. The molecule has 25 heavy (non-hydrogen) atoms. The molecule has 1 aliphatic heterocycles. The Balaban J connectivity index is 1.36. The average molecular weight is 350 g/mol. The lowest BCUT2D eigenvalue weighted by atomic mass is 9.61. The Morgan fingerprint density at radius 3 is 1.92 bits per heavy atom. The molecule has 2 heteroatoms. The third-order valence-corrected chi connectivity index (χ3v) is 7.35. The molecule has 3 rings (SSSR count). The maximum atomic E-state index is 6.17. The zero-order valence-electron chi connectivity index (χ0n) is 17.9. The molecule has 0 N–H and O–H groups in total. The van der Waals surface area contributed by atoms with E-state index in [0.29, 0.717) is 16.9 Å². The fourth-order valence-corrected chi connectivity index (χ4v) is 5.68. The predicted octanol–water partition coefficient (Wildman–Crippen LogP) is 5.90. The molecular weight excluding hydrogens is 306 g/mol. The van der Waals surface area contributed by atoms with E-state index in [4.69, 9.17) is 4.74 Å². The summed E-state index contributed by atoms with van der Waals surface area (Å²) in [5.74, 6) is 1.91. The van der Waals surface area contributed by atoms with Crippen molar-refractivity contribution in [2.75, 3.05) is 19.6 Å². The standard InChI is InChI=1S/C23H43NO/c1-21(2,3)19-9-7-18(8-10-19)17-24-13-11-23(12-14-24)15-20(16-23)25-22(4,5)6/h18-20H,7-17H2,1-6H3. The van der Waals surface area contributed by atoms with E-state index in [1.54, 1.807) is 0 Å². The molecule has 0 bridgehead atoms. The van der Waals surface area contributed by atoms with Crippen LogP contribution in [0.5, 0.6) is 0 Å². The molecular formula is C23H43NO. The van der Waals surface area contributed by atoms with Crippen LogP contribution in [0.4, 0.5) is 0 Å². The zero-order chi connectivity index (χ0) is 18.3. The number of nitrogens with zero attached hydrogens (tertiary/aromatic N) is 1. The summed E-state index contributed by atoms with van der Waals surface area (Å²) in [7, 11) is 0. The molecule has 1 spiro atoms. The Kier molecular flexibility index (Phi) is 5.63. The molecule has 0 radical (unpaired) electrons. The third kappa shape index (κ3) is 5.22. The number of hydrogen-bond donors (Lipinski definition) is 0. The molecule has 0 amide bonds. The van der Waals surface area contributed by atoms with Crippen LogP contribution in [0.15, 0.2) is 0 Å². The van der Waals surface area contributed by atoms with Gasteiger partial charge in [0.15, 0.2) is 0 Å². The second-order valence-electron chi connectivity index (χ2n) is 11.6. The van der Waals surface area contributed by atoms with Gasteiger partial charge in [-0.1, -0.05) is 20.8 Å². The summed E-state index contributed by atoms with van der Waals surface area (Å²) >= 11 is 0. The highest BCUT2D eigenvalue weighted by atomic mass is 16.5. The van der Waals surface area contributed by atoms with Crippen molar-refractivity contribution < 1.29 is 4.74 Å². The molecule has 2 nitrogen and oxygen atoms in total. The SMILES string of the molecule is CC(C)(C)OC1CC2(CCN(CC3CCC(C(C)(C)C)CC3)CC2)C1. The summed E-state index contributed by atoms with van der Waals surface area (Å²) in [4.78, 5) is 2.78. The van der Waals surface area contributed by atoms with Crippen molar-refractivity contribution in [1.29, 1.82) is 0 Å². The van der Waals surface area contributed by atoms with E-state index in [9.17, 15) is 0 Å². The first-order valence-electron chi connectivity index (χ1n) is 10.9. The predicted molar refractivity (Wildman–Crippen MR) is 107 cm³/mol. The lowest BCUT2D eigenvalue weighted by Crippen LogP contribution is -2.52. The zero-order valence-corrected chi connectivity index (χ0v) is 17.9. The first-order valence-corrected chi connectivity index (χ1v) is 10.9. The minimum absolute atomic E-state index is 0.0267. The van der Waals surface area contributed by atoms with Crippen LogP contribution in [-0.4, -0.2) is 36.2 Å². The molecule has 1 heterocycles. The van der Waals surface area contributed by atoms with Gasteiger partial charge in [0, 0.05) is 6.54 Å². The van der Waals surface area contributed by atoms with Crippen LogP contribution in [-0.2, 0) is 4.74 Å². The quantitative estimate of drug-likeness (QED) is 0.629. The van der Waals surface area contributed by atoms with Gasteiger partial charge >= 0.3 is 0 Å². The fraction of sp³-hybridized carbons (Fsp3) is 1.00. The summed E-state index contributed by atoms with van der Waals surface area (Å²) in [5.41, 5.74) is 1.17. The van der Waals surface area contributed by atoms with Gasteiger partial charge in [0.05, 0.1) is 11.7 Å². The molecule has 0 atom stereocenters. The minimum Gasteiger partial charge on any atom is -0.373 e. The molecule has 2 aliphatic carbocycles. The second kappa shape index (κ2) is 7.15. The highest BCUT2D eigenvalue weighted by Crippen LogP contribution is 2.51. The van der Waals surface area contributed by atoms with Crippen molar-refractivity contribution in [3.05, 3.63) is 0 Å². The normalized spacial score (nSPS) is 31.9. The number of ether oxygens (including phenoxy) is 1. The Morgan fingerprint density at radius 2 is 1.44 bits per heavy atom. The van der Waals surface area contributed by atoms with Gasteiger partial charge in [-0.15, -0.1) is 0 Å². The summed E-state index contributed by atoms with van der Waals surface area (Å²) in [6.07, 6.45) is 11.8. The summed E-state index contributed by atoms with van der Waals surface area (Å²) in [6, 6.07) is 0. The van der Waals surface area contributed by atoms with Gasteiger partial charge in [0.1, 0.15) is 0 Å². The highest BCUT2D eigenvalue weighted by molar-refractivity contribution is 4.99. The molecule has 2 saturated carbocycles. The number of piperidine rings is 1. The van der Waals surface area contributed by atoms with Crippen LogP contribution in [0.3, 0.4) is 0 Å². The van der Waals surface area contributed by atoms with Gasteiger partial charge in [0.25, 0.3) is 0 Å². The van der Waals surface area contributed by atoms with Gasteiger partial charge in [-0.25, -0.2) is 0 Å². The van der Waals surface area contributed by atoms with E-state index in [1.165, 1.54) is 71.0 Å². The summed E-state index contributed by atoms with van der Waals surface area (Å²) in [5, 5.41) is 0. The first kappa shape index (κ1) is 19.7. The third-order valence-electron chi connectivity index (χ3n) is 7.35. The van der Waals surface area contributed by atoms with Gasteiger partial charge in [-0.2, -0.15) is 0 Å².